The van der Waals surface area contributed by atoms with Crippen LogP contribution in [0.1, 0.15) is 33.1 Å². The highest BCUT2D eigenvalue weighted by atomic mass is 16.1. The minimum atomic E-state index is 0.167. The van der Waals surface area contributed by atoms with E-state index >= 15 is 0 Å². The van der Waals surface area contributed by atoms with Gasteiger partial charge in [0.25, 0.3) is 0 Å². The molecule has 3 nitrogen and oxygen atoms in total. The summed E-state index contributed by atoms with van der Waals surface area (Å²) >= 11 is 0. The van der Waals surface area contributed by atoms with Crippen molar-refractivity contribution in [1.29, 1.82) is 0 Å². The summed E-state index contributed by atoms with van der Waals surface area (Å²) in [4.78, 5) is 14.3. The Kier molecular flexibility index (Phi) is 3.29. The van der Waals surface area contributed by atoms with Crippen LogP contribution in [0.5, 0.6) is 0 Å². The Hall–Kier alpha value is -0.570. The number of carbonyl (C=O) groups is 1. The van der Waals surface area contributed by atoms with Crippen molar-refractivity contribution in [3.05, 3.63) is 0 Å². The standard InChI is InChI=1S/C12H22N2O/c1-3-9(2)12(15)13-11-8-14-6-4-10(11)5-7-14/h9-11H,3-8H2,1-2H3,(H,13,15). The van der Waals surface area contributed by atoms with E-state index in [0.29, 0.717) is 6.04 Å². The minimum Gasteiger partial charge on any atom is -0.352 e. The van der Waals surface area contributed by atoms with Crippen LogP contribution in [0.4, 0.5) is 0 Å². The monoisotopic (exact) mass is 210 g/mol. The first-order valence-electron chi connectivity index (χ1n) is 6.23. The quantitative estimate of drug-likeness (QED) is 0.760. The fourth-order valence-electron chi connectivity index (χ4n) is 2.64. The molecule has 0 radical (unpaired) electrons. The second-order valence-corrected chi connectivity index (χ2v) is 5.06. The highest BCUT2D eigenvalue weighted by Gasteiger charge is 2.35. The third-order valence-electron chi connectivity index (χ3n) is 4.04. The zero-order chi connectivity index (χ0) is 10.8. The van der Waals surface area contributed by atoms with Crippen molar-refractivity contribution in [1.82, 2.24) is 10.2 Å². The average molecular weight is 210 g/mol. The highest BCUT2D eigenvalue weighted by Crippen LogP contribution is 2.27. The third kappa shape index (κ3) is 2.33. The molecule has 2 bridgehead atoms. The molecule has 3 fully saturated rings. The lowest BCUT2D eigenvalue weighted by atomic mass is 9.84. The molecule has 3 saturated heterocycles. The lowest BCUT2D eigenvalue weighted by Crippen LogP contribution is -2.57. The topological polar surface area (TPSA) is 32.3 Å². The summed E-state index contributed by atoms with van der Waals surface area (Å²) in [5.74, 6) is 1.15. The van der Waals surface area contributed by atoms with Crippen LogP contribution >= 0.6 is 0 Å². The predicted octanol–water partition coefficient (Wildman–Crippen LogP) is 1.24. The van der Waals surface area contributed by atoms with Gasteiger partial charge in [0.1, 0.15) is 0 Å². The molecule has 3 aliphatic rings. The summed E-state index contributed by atoms with van der Waals surface area (Å²) in [5.41, 5.74) is 0. The van der Waals surface area contributed by atoms with E-state index < -0.39 is 0 Å². The molecule has 0 saturated carbocycles. The van der Waals surface area contributed by atoms with E-state index in [0.717, 1.165) is 18.9 Å². The number of nitrogens with zero attached hydrogens (tertiary/aromatic N) is 1. The predicted molar refractivity (Wildman–Crippen MR) is 60.5 cm³/mol. The first-order valence-corrected chi connectivity index (χ1v) is 6.23. The summed E-state index contributed by atoms with van der Waals surface area (Å²) in [5, 5.41) is 3.22. The van der Waals surface area contributed by atoms with E-state index in [1.165, 1.54) is 25.9 Å². The van der Waals surface area contributed by atoms with E-state index in [9.17, 15) is 4.79 Å². The van der Waals surface area contributed by atoms with E-state index in [1.54, 1.807) is 0 Å². The molecular weight excluding hydrogens is 188 g/mol. The Bertz CT molecular complexity index is 234. The van der Waals surface area contributed by atoms with E-state index in [2.05, 4.69) is 17.1 Å². The highest BCUT2D eigenvalue weighted by molar-refractivity contribution is 5.78. The molecule has 2 unspecified atom stereocenters. The third-order valence-corrected chi connectivity index (χ3v) is 4.04. The zero-order valence-corrected chi connectivity index (χ0v) is 9.83. The van der Waals surface area contributed by atoms with Gasteiger partial charge in [-0.15, -0.1) is 0 Å². The zero-order valence-electron chi connectivity index (χ0n) is 9.83. The average Bonchev–Trinajstić information content (AvgIpc) is 2.29. The summed E-state index contributed by atoms with van der Waals surface area (Å²) < 4.78 is 0. The van der Waals surface area contributed by atoms with Gasteiger partial charge in [-0.3, -0.25) is 4.79 Å². The summed E-state index contributed by atoms with van der Waals surface area (Å²) in [6.45, 7) is 7.63. The maximum atomic E-state index is 11.8. The molecular formula is C12H22N2O. The van der Waals surface area contributed by atoms with Gasteiger partial charge in [0.2, 0.25) is 5.91 Å². The van der Waals surface area contributed by atoms with Gasteiger partial charge in [0.15, 0.2) is 0 Å². The van der Waals surface area contributed by atoms with E-state index in [-0.39, 0.29) is 11.8 Å². The van der Waals surface area contributed by atoms with Crippen LogP contribution in [0.15, 0.2) is 0 Å². The lowest BCUT2D eigenvalue weighted by Gasteiger charge is -2.45. The maximum Gasteiger partial charge on any atom is 0.223 e. The Labute approximate surface area is 92.2 Å². The summed E-state index contributed by atoms with van der Waals surface area (Å²) in [6, 6.07) is 0.425. The number of hydrogen-bond donors (Lipinski definition) is 1. The molecule has 3 heteroatoms. The van der Waals surface area contributed by atoms with Gasteiger partial charge in [-0.25, -0.2) is 0 Å². The molecule has 3 rings (SSSR count). The van der Waals surface area contributed by atoms with Crippen LogP contribution in [0.25, 0.3) is 0 Å². The number of rotatable bonds is 3. The van der Waals surface area contributed by atoms with Crippen molar-refractivity contribution in [2.24, 2.45) is 11.8 Å². The smallest absolute Gasteiger partial charge is 0.223 e. The normalized spacial score (nSPS) is 36.3. The van der Waals surface area contributed by atoms with Gasteiger partial charge in [-0.2, -0.15) is 0 Å². The summed E-state index contributed by atoms with van der Waals surface area (Å²) in [6.07, 6.45) is 3.48. The van der Waals surface area contributed by atoms with Crippen molar-refractivity contribution in [2.45, 2.75) is 39.2 Å². The van der Waals surface area contributed by atoms with Gasteiger partial charge in [0, 0.05) is 18.5 Å². The van der Waals surface area contributed by atoms with E-state index in [1.807, 2.05) is 6.92 Å². The fraction of sp³-hybridized carbons (Fsp3) is 0.917. The Balaban J connectivity index is 1.87. The van der Waals surface area contributed by atoms with Gasteiger partial charge >= 0.3 is 0 Å². The number of fused-ring (bicyclic) bond motifs is 3. The van der Waals surface area contributed by atoms with Crippen LogP contribution in [0.2, 0.25) is 0 Å². The number of carbonyl (C=O) groups excluding carboxylic acids is 1. The molecule has 86 valence electrons. The molecule has 3 heterocycles. The molecule has 0 aromatic heterocycles. The lowest BCUT2D eigenvalue weighted by molar-refractivity contribution is -0.126. The van der Waals surface area contributed by atoms with Gasteiger partial charge in [-0.1, -0.05) is 13.8 Å². The summed E-state index contributed by atoms with van der Waals surface area (Å²) in [7, 11) is 0. The fourth-order valence-corrected chi connectivity index (χ4v) is 2.64. The molecule has 1 N–H and O–H groups in total. The van der Waals surface area contributed by atoms with Crippen LogP contribution in [0, 0.1) is 11.8 Å². The van der Waals surface area contributed by atoms with Crippen molar-refractivity contribution in [2.75, 3.05) is 19.6 Å². The molecule has 1 amide bonds. The largest absolute Gasteiger partial charge is 0.352 e. The van der Waals surface area contributed by atoms with Gasteiger partial charge in [0.05, 0.1) is 0 Å². The Morgan fingerprint density at radius 1 is 1.47 bits per heavy atom. The van der Waals surface area contributed by atoms with Crippen LogP contribution in [-0.2, 0) is 4.79 Å². The first kappa shape index (κ1) is 10.9. The Morgan fingerprint density at radius 2 is 2.13 bits per heavy atom. The first-order chi connectivity index (χ1) is 7.20. The molecule has 15 heavy (non-hydrogen) atoms. The van der Waals surface area contributed by atoms with Crippen molar-refractivity contribution in [3.8, 4) is 0 Å². The maximum absolute atomic E-state index is 11.8. The number of amides is 1. The van der Waals surface area contributed by atoms with E-state index in [4.69, 9.17) is 0 Å². The van der Waals surface area contributed by atoms with Crippen molar-refractivity contribution >= 4 is 5.91 Å². The van der Waals surface area contributed by atoms with Gasteiger partial charge < -0.3 is 10.2 Å². The molecule has 0 aromatic carbocycles. The number of hydrogen-bond acceptors (Lipinski definition) is 2. The second-order valence-electron chi connectivity index (χ2n) is 5.06. The van der Waals surface area contributed by atoms with Crippen LogP contribution in [-0.4, -0.2) is 36.5 Å². The number of nitrogens with one attached hydrogen (secondary N) is 1. The molecule has 0 aromatic rings. The van der Waals surface area contributed by atoms with Crippen LogP contribution < -0.4 is 5.32 Å². The van der Waals surface area contributed by atoms with Crippen molar-refractivity contribution < 1.29 is 4.79 Å². The Morgan fingerprint density at radius 3 is 2.60 bits per heavy atom. The SMILES string of the molecule is CCC(C)C(=O)NC1CN2CCC1CC2. The molecule has 0 aliphatic carbocycles. The molecule has 3 aliphatic heterocycles. The van der Waals surface area contributed by atoms with Gasteiger partial charge in [-0.05, 0) is 38.3 Å². The second kappa shape index (κ2) is 4.52. The van der Waals surface area contributed by atoms with Crippen LogP contribution in [0.3, 0.4) is 0 Å². The molecule has 0 spiro atoms. The number of piperidine rings is 3. The van der Waals surface area contributed by atoms with Crippen molar-refractivity contribution in [3.63, 3.8) is 0 Å². The minimum absolute atomic E-state index is 0.167. The molecule has 2 atom stereocenters.